The number of carbonyl (C=O) groups excluding carboxylic acids is 1. The summed E-state index contributed by atoms with van der Waals surface area (Å²) in [5, 5.41) is 10.8. The van der Waals surface area contributed by atoms with Gasteiger partial charge in [-0.05, 0) is 39.5 Å². The van der Waals surface area contributed by atoms with E-state index in [9.17, 15) is 9.90 Å². The Hall–Kier alpha value is -0.260. The first kappa shape index (κ1) is 16.1. The van der Waals surface area contributed by atoms with E-state index in [1.165, 1.54) is 0 Å². The normalized spacial score (nSPS) is 35.8. The molecule has 0 radical (unpaired) electrons. The molecule has 2 aliphatic rings. The third-order valence-electron chi connectivity index (χ3n) is 4.54. The highest BCUT2D eigenvalue weighted by Gasteiger charge is 2.38. The van der Waals surface area contributed by atoms with Crippen LogP contribution in [0.1, 0.15) is 39.5 Å². The summed E-state index contributed by atoms with van der Waals surface area (Å²) in [6.45, 7) is 6.34. The molecule has 4 nitrogen and oxygen atoms in total. The van der Waals surface area contributed by atoms with Gasteiger partial charge in [0, 0.05) is 30.6 Å². The molecule has 1 saturated heterocycles. The number of carbonyl (C=O) groups is 1. The fourth-order valence-corrected chi connectivity index (χ4v) is 4.27. The van der Waals surface area contributed by atoms with Crippen LogP contribution >= 0.6 is 11.8 Å². The predicted octanol–water partition coefficient (Wildman–Crippen LogP) is 1.91. The zero-order chi connectivity index (χ0) is 14.6. The third-order valence-corrected chi connectivity index (χ3v) is 5.73. The molecule has 1 heterocycles. The van der Waals surface area contributed by atoms with Gasteiger partial charge in [-0.2, -0.15) is 11.8 Å². The quantitative estimate of drug-likeness (QED) is 0.804. The fourth-order valence-electron chi connectivity index (χ4n) is 3.18. The van der Waals surface area contributed by atoms with Crippen LogP contribution in [0.4, 0.5) is 0 Å². The molecule has 2 rings (SSSR count). The maximum atomic E-state index is 11.7. The maximum absolute atomic E-state index is 11.7. The second kappa shape index (κ2) is 7.14. The topological polar surface area (TPSA) is 49.8 Å². The van der Waals surface area contributed by atoms with Crippen LogP contribution in [0.25, 0.3) is 0 Å². The zero-order valence-corrected chi connectivity index (χ0v) is 13.5. The summed E-state index contributed by atoms with van der Waals surface area (Å²) < 4.78 is 5.08. The number of β-amino-alcohol motifs (C(OH)–C–C–N with tert-alkyl or cyclic N) is 1. The Morgan fingerprint density at radius 3 is 2.75 bits per heavy atom. The largest absolute Gasteiger partial charge is 0.466 e. The summed E-state index contributed by atoms with van der Waals surface area (Å²) in [4.78, 5) is 14.1. The molecule has 0 spiro atoms. The molecule has 1 atom stereocenters. The number of esters is 1. The number of rotatable bonds is 4. The van der Waals surface area contributed by atoms with Crippen molar-refractivity contribution in [3.63, 3.8) is 0 Å². The summed E-state index contributed by atoms with van der Waals surface area (Å²) >= 11 is 1.99. The van der Waals surface area contributed by atoms with E-state index in [1.54, 1.807) is 0 Å². The molecular weight excluding hydrogens is 274 g/mol. The highest BCUT2D eigenvalue weighted by Crippen LogP contribution is 2.34. The first-order chi connectivity index (χ1) is 9.54. The van der Waals surface area contributed by atoms with Crippen molar-refractivity contribution in [1.29, 1.82) is 0 Å². The molecule has 1 unspecified atom stereocenters. The van der Waals surface area contributed by atoms with Crippen LogP contribution in [-0.2, 0) is 9.53 Å². The van der Waals surface area contributed by atoms with E-state index in [2.05, 4.69) is 11.8 Å². The molecule has 116 valence electrons. The van der Waals surface area contributed by atoms with Crippen LogP contribution in [0.3, 0.4) is 0 Å². The predicted molar refractivity (Wildman–Crippen MR) is 81.9 cm³/mol. The Morgan fingerprint density at radius 1 is 1.45 bits per heavy atom. The Bertz CT molecular complexity index is 329. The van der Waals surface area contributed by atoms with Crippen LogP contribution < -0.4 is 0 Å². The summed E-state index contributed by atoms with van der Waals surface area (Å²) in [5.41, 5.74) is -0.612. The van der Waals surface area contributed by atoms with Gasteiger partial charge in [-0.3, -0.25) is 9.69 Å². The van der Waals surface area contributed by atoms with Crippen LogP contribution in [-0.4, -0.2) is 58.8 Å². The van der Waals surface area contributed by atoms with E-state index >= 15 is 0 Å². The number of aliphatic hydroxyl groups is 1. The lowest BCUT2D eigenvalue weighted by atomic mass is 9.78. The molecule has 2 fully saturated rings. The molecule has 0 amide bonds. The Labute approximate surface area is 126 Å². The van der Waals surface area contributed by atoms with Gasteiger partial charge in [0.05, 0.1) is 18.1 Å². The van der Waals surface area contributed by atoms with Crippen molar-refractivity contribution in [3.8, 4) is 0 Å². The lowest BCUT2D eigenvalue weighted by molar-refractivity contribution is -0.151. The lowest BCUT2D eigenvalue weighted by Crippen LogP contribution is -2.51. The molecule has 1 aliphatic carbocycles. The van der Waals surface area contributed by atoms with Crippen LogP contribution in [0.5, 0.6) is 0 Å². The van der Waals surface area contributed by atoms with Gasteiger partial charge >= 0.3 is 5.97 Å². The SMILES string of the molecule is CCOC(=O)C1CCC(O)(CN2CCSCC2C)CC1. The third kappa shape index (κ3) is 4.12. The Morgan fingerprint density at radius 2 is 2.15 bits per heavy atom. The van der Waals surface area contributed by atoms with Gasteiger partial charge in [0.15, 0.2) is 0 Å². The van der Waals surface area contributed by atoms with Gasteiger partial charge in [-0.15, -0.1) is 0 Å². The minimum atomic E-state index is -0.612. The van der Waals surface area contributed by atoms with Crippen molar-refractivity contribution < 1.29 is 14.6 Å². The molecule has 0 aromatic carbocycles. The summed E-state index contributed by atoms with van der Waals surface area (Å²) in [7, 11) is 0. The van der Waals surface area contributed by atoms with Crippen molar-refractivity contribution in [2.45, 2.75) is 51.2 Å². The zero-order valence-electron chi connectivity index (χ0n) is 12.6. The molecule has 1 aliphatic heterocycles. The van der Waals surface area contributed by atoms with E-state index in [0.29, 0.717) is 25.5 Å². The van der Waals surface area contributed by atoms with Gasteiger partial charge in [-0.1, -0.05) is 0 Å². The highest BCUT2D eigenvalue weighted by molar-refractivity contribution is 7.99. The summed E-state index contributed by atoms with van der Waals surface area (Å²) in [6, 6.07) is 0.542. The minimum Gasteiger partial charge on any atom is -0.466 e. The monoisotopic (exact) mass is 301 g/mol. The van der Waals surface area contributed by atoms with E-state index in [-0.39, 0.29) is 11.9 Å². The van der Waals surface area contributed by atoms with Gasteiger partial charge in [-0.25, -0.2) is 0 Å². The number of ether oxygens (including phenoxy) is 1. The van der Waals surface area contributed by atoms with Gasteiger partial charge in [0.2, 0.25) is 0 Å². The first-order valence-corrected chi connectivity index (χ1v) is 8.90. The van der Waals surface area contributed by atoms with Crippen molar-refractivity contribution in [3.05, 3.63) is 0 Å². The van der Waals surface area contributed by atoms with Crippen molar-refractivity contribution >= 4 is 17.7 Å². The lowest BCUT2D eigenvalue weighted by Gasteiger charge is -2.42. The van der Waals surface area contributed by atoms with E-state index in [0.717, 1.165) is 37.4 Å². The smallest absolute Gasteiger partial charge is 0.308 e. The van der Waals surface area contributed by atoms with Crippen LogP contribution in [0, 0.1) is 5.92 Å². The molecule has 0 aromatic rings. The average Bonchev–Trinajstić information content (AvgIpc) is 2.42. The number of nitrogens with zero attached hydrogens (tertiary/aromatic N) is 1. The van der Waals surface area contributed by atoms with E-state index < -0.39 is 5.60 Å². The van der Waals surface area contributed by atoms with Gasteiger partial charge in [0.25, 0.3) is 0 Å². The highest BCUT2D eigenvalue weighted by atomic mass is 32.2. The molecule has 0 aromatic heterocycles. The molecule has 0 bridgehead atoms. The van der Waals surface area contributed by atoms with Crippen LogP contribution in [0.15, 0.2) is 0 Å². The molecule has 1 saturated carbocycles. The van der Waals surface area contributed by atoms with Gasteiger partial charge < -0.3 is 9.84 Å². The number of hydrogen-bond acceptors (Lipinski definition) is 5. The standard InChI is InChI=1S/C15H27NO3S/c1-3-19-14(17)13-4-6-15(18,7-5-13)11-16-8-9-20-10-12(16)2/h12-13,18H,3-11H2,1-2H3. The summed E-state index contributed by atoms with van der Waals surface area (Å²) in [5.74, 6) is 2.22. The first-order valence-electron chi connectivity index (χ1n) is 7.75. The van der Waals surface area contributed by atoms with Crippen LogP contribution in [0.2, 0.25) is 0 Å². The molecule has 1 N–H and O–H groups in total. The fraction of sp³-hybridized carbons (Fsp3) is 0.933. The van der Waals surface area contributed by atoms with Crippen molar-refractivity contribution in [1.82, 2.24) is 4.90 Å². The molecule has 20 heavy (non-hydrogen) atoms. The van der Waals surface area contributed by atoms with Gasteiger partial charge in [0.1, 0.15) is 0 Å². The Kier molecular flexibility index (Phi) is 5.75. The van der Waals surface area contributed by atoms with Crippen molar-refractivity contribution in [2.24, 2.45) is 5.92 Å². The Balaban J connectivity index is 1.83. The second-order valence-electron chi connectivity index (χ2n) is 6.15. The van der Waals surface area contributed by atoms with E-state index in [1.807, 2.05) is 18.7 Å². The number of thioether (sulfide) groups is 1. The molecule has 5 heteroatoms. The maximum Gasteiger partial charge on any atom is 0.308 e. The minimum absolute atomic E-state index is 0.00967. The summed E-state index contributed by atoms with van der Waals surface area (Å²) in [6.07, 6.45) is 2.94. The second-order valence-corrected chi connectivity index (χ2v) is 7.29. The van der Waals surface area contributed by atoms with Crippen molar-refractivity contribution in [2.75, 3.05) is 31.2 Å². The molecular formula is C15H27NO3S. The number of hydrogen-bond donors (Lipinski definition) is 1. The van der Waals surface area contributed by atoms with E-state index in [4.69, 9.17) is 4.74 Å². The average molecular weight is 301 g/mol.